The third-order valence-corrected chi connectivity index (χ3v) is 3.29. The lowest BCUT2D eigenvalue weighted by molar-refractivity contribution is -0.119. The third kappa shape index (κ3) is 6.39. The molecular formula is C14H21N3OS. The standard InChI is InChI=1S/C14H21N3OS/c1-11(2)7-17(9-14(16)18)8-13-6-12(10-19-13)4-3-5-15/h6,10-11H,5,7-9,15H2,1-2H3,(H2,16,18). The summed E-state index contributed by atoms with van der Waals surface area (Å²) < 4.78 is 0. The second kappa shape index (κ2) is 7.95. The average Bonchev–Trinajstić information content (AvgIpc) is 2.72. The molecule has 104 valence electrons. The van der Waals surface area contributed by atoms with Crippen molar-refractivity contribution in [2.45, 2.75) is 20.4 Å². The van der Waals surface area contributed by atoms with E-state index in [1.807, 2.05) is 11.4 Å². The first-order valence-electron chi connectivity index (χ1n) is 6.28. The van der Waals surface area contributed by atoms with Crippen LogP contribution >= 0.6 is 11.3 Å². The van der Waals surface area contributed by atoms with Crippen LogP contribution in [0.25, 0.3) is 0 Å². The molecule has 0 aliphatic carbocycles. The molecule has 0 aliphatic rings. The van der Waals surface area contributed by atoms with E-state index in [1.165, 1.54) is 4.88 Å². The summed E-state index contributed by atoms with van der Waals surface area (Å²) in [4.78, 5) is 14.3. The van der Waals surface area contributed by atoms with Crippen LogP contribution < -0.4 is 11.5 Å². The number of nitrogens with zero attached hydrogens (tertiary/aromatic N) is 1. The van der Waals surface area contributed by atoms with Gasteiger partial charge >= 0.3 is 0 Å². The number of hydrogen-bond donors (Lipinski definition) is 2. The molecule has 4 nitrogen and oxygen atoms in total. The van der Waals surface area contributed by atoms with Gasteiger partial charge in [0, 0.05) is 28.9 Å². The van der Waals surface area contributed by atoms with Crippen molar-refractivity contribution in [3.05, 3.63) is 21.9 Å². The van der Waals surface area contributed by atoms with Gasteiger partial charge in [-0.2, -0.15) is 0 Å². The Labute approximate surface area is 118 Å². The number of carbonyl (C=O) groups is 1. The highest BCUT2D eigenvalue weighted by Gasteiger charge is 2.12. The molecule has 1 rings (SSSR count). The highest BCUT2D eigenvalue weighted by molar-refractivity contribution is 7.10. The number of primary amides is 1. The molecule has 0 saturated heterocycles. The van der Waals surface area contributed by atoms with E-state index in [4.69, 9.17) is 11.5 Å². The maximum Gasteiger partial charge on any atom is 0.231 e. The van der Waals surface area contributed by atoms with Gasteiger partial charge in [0.25, 0.3) is 0 Å². The molecule has 1 amide bonds. The van der Waals surface area contributed by atoms with Gasteiger partial charge in [-0.05, 0) is 12.0 Å². The summed E-state index contributed by atoms with van der Waals surface area (Å²) >= 11 is 1.65. The van der Waals surface area contributed by atoms with Crippen LogP contribution in [0.3, 0.4) is 0 Å². The lowest BCUT2D eigenvalue weighted by Crippen LogP contribution is -2.35. The fourth-order valence-electron chi connectivity index (χ4n) is 1.82. The highest BCUT2D eigenvalue weighted by Crippen LogP contribution is 2.16. The number of thiophene rings is 1. The Morgan fingerprint density at radius 3 is 2.84 bits per heavy atom. The minimum absolute atomic E-state index is 0.291. The lowest BCUT2D eigenvalue weighted by atomic mass is 10.2. The summed E-state index contributed by atoms with van der Waals surface area (Å²) in [6, 6.07) is 2.04. The Kier molecular flexibility index (Phi) is 6.57. The second-order valence-corrected chi connectivity index (χ2v) is 5.83. The molecule has 0 aliphatic heterocycles. The van der Waals surface area contributed by atoms with Crippen LogP contribution in [0.4, 0.5) is 0 Å². The molecule has 1 aromatic rings. The van der Waals surface area contributed by atoms with Gasteiger partial charge in [-0.1, -0.05) is 25.7 Å². The van der Waals surface area contributed by atoms with Crippen LogP contribution in [0, 0.1) is 17.8 Å². The van der Waals surface area contributed by atoms with Gasteiger partial charge in [0.05, 0.1) is 13.1 Å². The first-order chi connectivity index (χ1) is 9.01. The van der Waals surface area contributed by atoms with Crippen molar-refractivity contribution in [1.82, 2.24) is 4.90 Å². The molecule has 1 heterocycles. The molecule has 4 N–H and O–H groups in total. The van der Waals surface area contributed by atoms with Crippen LogP contribution in [-0.4, -0.2) is 30.4 Å². The van der Waals surface area contributed by atoms with Gasteiger partial charge < -0.3 is 11.5 Å². The summed E-state index contributed by atoms with van der Waals surface area (Å²) in [5.41, 5.74) is 11.6. The highest BCUT2D eigenvalue weighted by atomic mass is 32.1. The van der Waals surface area contributed by atoms with Crippen LogP contribution in [0.1, 0.15) is 24.3 Å². The van der Waals surface area contributed by atoms with Crippen LogP contribution in [-0.2, 0) is 11.3 Å². The van der Waals surface area contributed by atoms with Gasteiger partial charge in [0.1, 0.15) is 0 Å². The Morgan fingerprint density at radius 1 is 1.53 bits per heavy atom. The minimum atomic E-state index is -0.291. The van der Waals surface area contributed by atoms with Gasteiger partial charge in [-0.3, -0.25) is 9.69 Å². The number of carbonyl (C=O) groups excluding carboxylic acids is 1. The lowest BCUT2D eigenvalue weighted by Gasteiger charge is -2.21. The van der Waals surface area contributed by atoms with Crippen molar-refractivity contribution < 1.29 is 4.79 Å². The van der Waals surface area contributed by atoms with Crippen molar-refractivity contribution in [1.29, 1.82) is 0 Å². The molecule has 1 aromatic heterocycles. The fraction of sp³-hybridized carbons (Fsp3) is 0.500. The van der Waals surface area contributed by atoms with Crippen molar-refractivity contribution >= 4 is 17.2 Å². The fourth-order valence-corrected chi connectivity index (χ4v) is 2.68. The summed E-state index contributed by atoms with van der Waals surface area (Å²) in [6.07, 6.45) is 0. The zero-order valence-electron chi connectivity index (χ0n) is 11.5. The van der Waals surface area contributed by atoms with E-state index < -0.39 is 0 Å². The van der Waals surface area contributed by atoms with Crippen molar-refractivity contribution in [3.8, 4) is 11.8 Å². The number of rotatable bonds is 6. The Balaban J connectivity index is 2.67. The van der Waals surface area contributed by atoms with Gasteiger partial charge in [0.15, 0.2) is 0 Å². The molecule has 0 radical (unpaired) electrons. The van der Waals surface area contributed by atoms with Gasteiger partial charge in [0.2, 0.25) is 5.91 Å². The van der Waals surface area contributed by atoms with E-state index >= 15 is 0 Å². The summed E-state index contributed by atoms with van der Waals surface area (Å²) in [6.45, 7) is 6.49. The molecule has 0 aromatic carbocycles. The Bertz CT molecular complexity index is 471. The quantitative estimate of drug-likeness (QED) is 0.763. The van der Waals surface area contributed by atoms with E-state index in [0.717, 1.165) is 18.7 Å². The number of amides is 1. The zero-order valence-corrected chi connectivity index (χ0v) is 12.3. The average molecular weight is 279 g/mol. The maximum atomic E-state index is 11.1. The summed E-state index contributed by atoms with van der Waals surface area (Å²) in [7, 11) is 0. The SMILES string of the molecule is CC(C)CN(CC(N)=O)Cc1cc(C#CCN)cs1. The molecule has 0 unspecified atom stereocenters. The molecule has 19 heavy (non-hydrogen) atoms. The summed E-state index contributed by atoms with van der Waals surface area (Å²) in [5, 5.41) is 2.01. The van der Waals surface area contributed by atoms with Crippen molar-refractivity contribution in [2.24, 2.45) is 17.4 Å². The number of nitrogens with two attached hydrogens (primary N) is 2. The molecule has 0 bridgehead atoms. The molecule has 0 saturated carbocycles. The Hall–Kier alpha value is -1.35. The molecule has 0 fully saturated rings. The summed E-state index contributed by atoms with van der Waals surface area (Å²) in [5.74, 6) is 6.04. The molecule has 0 spiro atoms. The van der Waals surface area contributed by atoms with E-state index in [9.17, 15) is 4.79 Å². The first-order valence-corrected chi connectivity index (χ1v) is 7.16. The molecule has 0 atom stereocenters. The van der Waals surface area contributed by atoms with Crippen LogP contribution in [0.2, 0.25) is 0 Å². The normalized spacial score (nSPS) is 10.6. The van der Waals surface area contributed by atoms with E-state index in [1.54, 1.807) is 11.3 Å². The van der Waals surface area contributed by atoms with Gasteiger partial charge in [-0.25, -0.2) is 0 Å². The van der Waals surface area contributed by atoms with E-state index in [2.05, 4.69) is 30.6 Å². The number of hydrogen-bond acceptors (Lipinski definition) is 4. The van der Waals surface area contributed by atoms with Crippen LogP contribution in [0.15, 0.2) is 11.4 Å². The Morgan fingerprint density at radius 2 is 2.26 bits per heavy atom. The zero-order chi connectivity index (χ0) is 14.3. The largest absolute Gasteiger partial charge is 0.369 e. The molecule has 5 heteroatoms. The van der Waals surface area contributed by atoms with Gasteiger partial charge in [-0.15, -0.1) is 11.3 Å². The monoisotopic (exact) mass is 279 g/mol. The van der Waals surface area contributed by atoms with Crippen molar-refractivity contribution in [3.63, 3.8) is 0 Å². The van der Waals surface area contributed by atoms with Crippen LogP contribution in [0.5, 0.6) is 0 Å². The van der Waals surface area contributed by atoms with E-state index in [-0.39, 0.29) is 5.91 Å². The topological polar surface area (TPSA) is 72.3 Å². The minimum Gasteiger partial charge on any atom is -0.369 e. The molecular weight excluding hydrogens is 258 g/mol. The third-order valence-electron chi connectivity index (χ3n) is 2.37. The predicted molar refractivity (Wildman–Crippen MR) is 79.6 cm³/mol. The van der Waals surface area contributed by atoms with E-state index in [0.29, 0.717) is 19.0 Å². The predicted octanol–water partition coefficient (Wildman–Crippen LogP) is 1.00. The smallest absolute Gasteiger partial charge is 0.231 e. The maximum absolute atomic E-state index is 11.1. The van der Waals surface area contributed by atoms with Crippen molar-refractivity contribution in [2.75, 3.05) is 19.6 Å². The first kappa shape index (κ1) is 15.7. The second-order valence-electron chi connectivity index (χ2n) is 4.84.